The van der Waals surface area contributed by atoms with Gasteiger partial charge in [-0.2, -0.15) is 13.2 Å². The molecule has 1 saturated heterocycles. The van der Waals surface area contributed by atoms with Crippen LogP contribution in [-0.2, 0) is 30.5 Å². The fraction of sp³-hybridized carbons (Fsp3) is 0.312. The molecule has 7 nitrogen and oxygen atoms in total. The number of carboxylic acids is 1. The molecule has 12 heteroatoms. The Morgan fingerprint density at radius 1 is 1.02 bits per heavy atom. The number of carboxylic acid groups (broad SMARTS) is 1. The summed E-state index contributed by atoms with van der Waals surface area (Å²) >= 11 is 2.65. The largest absolute Gasteiger partial charge is 0.493 e. The maximum absolute atomic E-state index is 13.1. The quantitative estimate of drug-likeness (QED) is 0.189. The molecule has 230 valence electrons. The Morgan fingerprint density at radius 3 is 2.48 bits per heavy atom. The number of aliphatic carboxylic acids is 1. The third-order valence-corrected chi connectivity index (χ3v) is 9.69. The van der Waals surface area contributed by atoms with Crippen molar-refractivity contribution in [3.05, 3.63) is 88.4 Å². The van der Waals surface area contributed by atoms with Crippen LogP contribution in [0.2, 0.25) is 0 Å². The van der Waals surface area contributed by atoms with E-state index in [4.69, 9.17) is 19.6 Å². The van der Waals surface area contributed by atoms with E-state index in [0.717, 1.165) is 72.6 Å². The molecule has 1 fully saturated rings. The van der Waals surface area contributed by atoms with Gasteiger partial charge >= 0.3 is 12.1 Å². The van der Waals surface area contributed by atoms with Crippen LogP contribution in [0.5, 0.6) is 11.5 Å². The summed E-state index contributed by atoms with van der Waals surface area (Å²) in [5, 5.41) is 9.55. The highest BCUT2D eigenvalue weighted by atomic mass is 32.2. The number of hydrogen-bond acceptors (Lipinski definition) is 8. The number of halogens is 3. The number of ether oxygens (including phenoxy) is 2. The van der Waals surface area contributed by atoms with Crippen molar-refractivity contribution in [1.82, 2.24) is 9.88 Å². The SMILES string of the molecule is O=C(O)CSc1ccc(OCc2sc(-c3ccc(C(F)(F)F)cc3)nc2CN2CCN(c3ccc4c(c3)CCO4)CC2)cc1. The van der Waals surface area contributed by atoms with Gasteiger partial charge in [-0.05, 0) is 60.2 Å². The first kappa shape index (κ1) is 30.3. The molecule has 0 atom stereocenters. The summed E-state index contributed by atoms with van der Waals surface area (Å²) < 4.78 is 51.1. The van der Waals surface area contributed by atoms with Crippen LogP contribution in [0.1, 0.15) is 21.7 Å². The predicted octanol–water partition coefficient (Wildman–Crippen LogP) is 6.84. The van der Waals surface area contributed by atoms with Gasteiger partial charge in [0, 0.05) is 55.3 Å². The molecule has 0 amide bonds. The summed E-state index contributed by atoms with van der Waals surface area (Å²) in [5.74, 6) is 0.709. The van der Waals surface area contributed by atoms with E-state index in [0.29, 0.717) is 22.9 Å². The van der Waals surface area contributed by atoms with E-state index in [9.17, 15) is 18.0 Å². The van der Waals surface area contributed by atoms with Crippen molar-refractivity contribution in [3.8, 4) is 22.1 Å². The van der Waals surface area contributed by atoms with Crippen LogP contribution in [0, 0.1) is 0 Å². The minimum absolute atomic E-state index is 0.0201. The average molecular weight is 642 g/mol. The van der Waals surface area contributed by atoms with Gasteiger partial charge in [-0.25, -0.2) is 4.98 Å². The van der Waals surface area contributed by atoms with E-state index in [1.807, 2.05) is 12.1 Å². The van der Waals surface area contributed by atoms with E-state index in [1.54, 1.807) is 12.1 Å². The molecule has 2 aliphatic rings. The molecule has 0 bridgehead atoms. The number of hydrogen-bond donors (Lipinski definition) is 1. The van der Waals surface area contributed by atoms with E-state index in [-0.39, 0.29) is 12.4 Å². The number of thioether (sulfide) groups is 1. The lowest BCUT2D eigenvalue weighted by Crippen LogP contribution is -2.46. The molecule has 44 heavy (non-hydrogen) atoms. The molecule has 1 N–H and O–H groups in total. The van der Waals surface area contributed by atoms with E-state index in [1.165, 1.54) is 46.5 Å². The van der Waals surface area contributed by atoms with E-state index >= 15 is 0 Å². The number of benzene rings is 3. The predicted molar refractivity (Wildman–Crippen MR) is 165 cm³/mol. The third-order valence-electron chi connectivity index (χ3n) is 7.58. The van der Waals surface area contributed by atoms with Gasteiger partial charge in [0.15, 0.2) is 0 Å². The lowest BCUT2D eigenvalue weighted by Gasteiger charge is -2.36. The Morgan fingerprint density at radius 2 is 1.77 bits per heavy atom. The Balaban J connectivity index is 1.15. The topological polar surface area (TPSA) is 75.1 Å². The van der Waals surface area contributed by atoms with Crippen LogP contribution in [0.3, 0.4) is 0 Å². The number of nitrogens with zero attached hydrogens (tertiary/aromatic N) is 3. The zero-order chi connectivity index (χ0) is 30.7. The minimum Gasteiger partial charge on any atom is -0.493 e. The van der Waals surface area contributed by atoms with Gasteiger partial charge in [-0.15, -0.1) is 23.1 Å². The lowest BCUT2D eigenvalue weighted by molar-refractivity contribution is -0.137. The summed E-state index contributed by atoms with van der Waals surface area (Å²) in [6.45, 7) is 5.02. The fourth-order valence-corrected chi connectivity index (χ4v) is 6.82. The smallest absolute Gasteiger partial charge is 0.416 e. The zero-order valence-electron chi connectivity index (χ0n) is 23.7. The molecule has 1 aromatic heterocycles. The van der Waals surface area contributed by atoms with Crippen molar-refractivity contribution < 1.29 is 32.5 Å². The van der Waals surface area contributed by atoms with Crippen molar-refractivity contribution in [2.24, 2.45) is 0 Å². The number of rotatable bonds is 10. The number of piperazine rings is 1. The third kappa shape index (κ3) is 7.31. The Hall–Kier alpha value is -3.74. The molecule has 0 radical (unpaired) electrons. The highest BCUT2D eigenvalue weighted by molar-refractivity contribution is 8.00. The van der Waals surface area contributed by atoms with Crippen molar-refractivity contribution in [2.75, 3.05) is 43.4 Å². The van der Waals surface area contributed by atoms with E-state index < -0.39 is 17.7 Å². The molecular weight excluding hydrogens is 611 g/mol. The highest BCUT2D eigenvalue weighted by Gasteiger charge is 2.30. The van der Waals surface area contributed by atoms with Crippen LogP contribution in [0.15, 0.2) is 71.6 Å². The molecule has 4 aromatic rings. The van der Waals surface area contributed by atoms with Crippen LogP contribution in [0.25, 0.3) is 10.6 Å². The van der Waals surface area contributed by atoms with Crippen molar-refractivity contribution in [3.63, 3.8) is 0 Å². The second kappa shape index (κ2) is 13.1. The van der Waals surface area contributed by atoms with Gasteiger partial charge in [0.05, 0.1) is 28.5 Å². The van der Waals surface area contributed by atoms with Gasteiger partial charge in [-0.1, -0.05) is 12.1 Å². The van der Waals surface area contributed by atoms with Crippen molar-refractivity contribution >= 4 is 34.8 Å². The molecule has 0 saturated carbocycles. The number of thiazole rings is 1. The van der Waals surface area contributed by atoms with Crippen LogP contribution < -0.4 is 14.4 Å². The second-order valence-electron chi connectivity index (χ2n) is 10.6. The van der Waals surface area contributed by atoms with Crippen molar-refractivity contribution in [1.29, 1.82) is 0 Å². The van der Waals surface area contributed by atoms with Gasteiger partial charge in [0.2, 0.25) is 0 Å². The van der Waals surface area contributed by atoms with Gasteiger partial charge < -0.3 is 19.5 Å². The van der Waals surface area contributed by atoms with Crippen LogP contribution in [0.4, 0.5) is 18.9 Å². The maximum Gasteiger partial charge on any atom is 0.416 e. The maximum atomic E-state index is 13.1. The summed E-state index contributed by atoms with van der Waals surface area (Å²) in [5.41, 5.74) is 3.23. The first-order valence-corrected chi connectivity index (χ1v) is 16.0. The Bertz CT molecular complexity index is 1600. The van der Waals surface area contributed by atoms with Crippen molar-refractivity contribution in [2.45, 2.75) is 30.6 Å². The number of alkyl halides is 3. The summed E-state index contributed by atoms with van der Waals surface area (Å²) in [6.07, 6.45) is -3.46. The number of carbonyl (C=O) groups is 1. The molecule has 2 aliphatic heterocycles. The molecule has 3 heterocycles. The van der Waals surface area contributed by atoms with Gasteiger partial charge in [-0.3, -0.25) is 9.69 Å². The zero-order valence-corrected chi connectivity index (χ0v) is 25.3. The van der Waals surface area contributed by atoms with Gasteiger partial charge in [0.1, 0.15) is 23.1 Å². The normalized spacial score (nSPS) is 15.2. The lowest BCUT2D eigenvalue weighted by atomic mass is 10.1. The average Bonchev–Trinajstić information content (AvgIpc) is 3.66. The summed E-state index contributed by atoms with van der Waals surface area (Å²) in [4.78, 5) is 22.2. The Kier molecular flexibility index (Phi) is 9.01. The summed E-state index contributed by atoms with van der Waals surface area (Å²) in [7, 11) is 0. The number of aromatic nitrogens is 1. The highest BCUT2D eigenvalue weighted by Crippen LogP contribution is 2.35. The number of fused-ring (bicyclic) bond motifs is 1. The molecule has 3 aromatic carbocycles. The van der Waals surface area contributed by atoms with Crippen LogP contribution in [-0.4, -0.2) is 59.5 Å². The van der Waals surface area contributed by atoms with Gasteiger partial charge in [0.25, 0.3) is 0 Å². The molecule has 6 rings (SSSR count). The molecule has 0 aliphatic carbocycles. The second-order valence-corrected chi connectivity index (χ2v) is 12.7. The molecule has 0 unspecified atom stereocenters. The first-order chi connectivity index (χ1) is 21.2. The van der Waals surface area contributed by atoms with E-state index in [2.05, 4.69) is 28.0 Å². The fourth-order valence-electron chi connectivity index (χ4n) is 5.22. The first-order valence-electron chi connectivity index (χ1n) is 14.2. The monoisotopic (exact) mass is 641 g/mol. The summed E-state index contributed by atoms with van der Waals surface area (Å²) in [6, 6.07) is 18.7. The van der Waals surface area contributed by atoms with Crippen LogP contribution >= 0.6 is 23.1 Å². The minimum atomic E-state index is -4.40. The Labute approximate surface area is 261 Å². The standard InChI is InChI=1S/C32H30F3N3O4S2/c33-32(34,35)23-3-1-21(2-4-23)31-36-27(29(44-31)19-42-25-6-8-26(9-7-25)43-20-30(39)40)18-37-12-14-38(15-13-37)24-5-10-28-22(17-24)11-16-41-28/h1-10,17H,11-16,18-20H2,(H,39,40). The molecule has 0 spiro atoms. The number of anilines is 1. The molecular formula is C32H30F3N3O4S2.